The van der Waals surface area contributed by atoms with Crippen LogP contribution in [0.1, 0.15) is 16.2 Å². The normalized spacial score (nSPS) is 10.8. The molecule has 0 spiro atoms. The first-order chi connectivity index (χ1) is 14.4. The highest BCUT2D eigenvalue weighted by molar-refractivity contribution is 9.10. The number of hydrogen-bond donors (Lipinski definition) is 1. The summed E-state index contributed by atoms with van der Waals surface area (Å²) >= 11 is 13.0. The molecule has 0 radical (unpaired) electrons. The highest BCUT2D eigenvalue weighted by atomic mass is 79.9. The number of benzene rings is 3. The van der Waals surface area contributed by atoms with Crippen molar-refractivity contribution in [3.63, 3.8) is 0 Å². The minimum atomic E-state index is -0.408. The van der Waals surface area contributed by atoms with E-state index in [9.17, 15) is 4.79 Å². The molecule has 1 heterocycles. The van der Waals surface area contributed by atoms with E-state index in [0.717, 1.165) is 25.8 Å². The molecule has 0 saturated heterocycles. The molecule has 4 aromatic rings. The van der Waals surface area contributed by atoms with Crippen LogP contribution in [0.3, 0.4) is 0 Å². The van der Waals surface area contributed by atoms with Crippen LogP contribution in [0.4, 0.5) is 5.69 Å². The Bertz CT molecular complexity index is 1160. The first-order valence-corrected chi connectivity index (χ1v) is 10.9. The summed E-state index contributed by atoms with van der Waals surface area (Å²) in [5.74, 6) is 0.225. The molecule has 1 N–H and O–H groups in total. The predicted octanol–water partition coefficient (Wildman–Crippen LogP) is 6.67. The molecule has 0 atom stereocenters. The van der Waals surface area contributed by atoms with Crippen molar-refractivity contribution >= 4 is 55.1 Å². The van der Waals surface area contributed by atoms with Gasteiger partial charge in [0.05, 0.1) is 5.69 Å². The second-order valence-corrected chi connectivity index (χ2v) is 8.84. The summed E-state index contributed by atoms with van der Waals surface area (Å²) in [6.45, 7) is 1.90. The van der Waals surface area contributed by atoms with Crippen molar-refractivity contribution in [2.75, 3.05) is 5.32 Å². The molecular weight excluding hydrogens is 532 g/mol. The van der Waals surface area contributed by atoms with Gasteiger partial charge in [0.1, 0.15) is 0 Å². The molecule has 0 aliphatic carbocycles. The van der Waals surface area contributed by atoms with Crippen molar-refractivity contribution in [3.8, 4) is 17.1 Å². The first-order valence-electron chi connectivity index (χ1n) is 8.97. The third-order valence-corrected chi connectivity index (χ3v) is 5.72. The topological polar surface area (TPSA) is 59.8 Å². The summed E-state index contributed by atoms with van der Waals surface area (Å²) in [6.07, 6.45) is 0. The van der Waals surface area contributed by atoms with Crippen molar-refractivity contribution in [1.82, 2.24) is 14.8 Å². The smallest absolute Gasteiger partial charge is 0.295 e. The van der Waals surface area contributed by atoms with Crippen LogP contribution in [0.5, 0.6) is 0 Å². The van der Waals surface area contributed by atoms with Gasteiger partial charge < -0.3 is 5.32 Å². The highest BCUT2D eigenvalue weighted by Crippen LogP contribution is 2.25. The van der Waals surface area contributed by atoms with E-state index in [1.807, 2.05) is 61.5 Å². The summed E-state index contributed by atoms with van der Waals surface area (Å²) in [5, 5.41) is 7.88. The number of carbonyl (C=O) groups excluding carboxylic acids is 1. The Morgan fingerprint density at radius 2 is 1.60 bits per heavy atom. The number of aromatic nitrogens is 3. The number of carbonyl (C=O) groups is 1. The average Bonchev–Trinajstić information content (AvgIpc) is 3.17. The van der Waals surface area contributed by atoms with Crippen molar-refractivity contribution in [2.45, 2.75) is 6.92 Å². The largest absolute Gasteiger partial charge is 0.319 e. The van der Waals surface area contributed by atoms with Crippen LogP contribution in [-0.4, -0.2) is 20.7 Å². The van der Waals surface area contributed by atoms with Gasteiger partial charge in [-0.1, -0.05) is 61.7 Å². The minimum absolute atomic E-state index is 0.0650. The molecule has 0 bridgehead atoms. The second kappa shape index (κ2) is 8.71. The third kappa shape index (κ3) is 4.48. The van der Waals surface area contributed by atoms with Gasteiger partial charge in [-0.2, -0.15) is 0 Å². The van der Waals surface area contributed by atoms with Gasteiger partial charge in [0.15, 0.2) is 5.82 Å². The van der Waals surface area contributed by atoms with E-state index in [0.29, 0.717) is 16.5 Å². The zero-order chi connectivity index (χ0) is 21.3. The second-order valence-electron chi connectivity index (χ2n) is 6.57. The lowest BCUT2D eigenvalue weighted by Crippen LogP contribution is -2.15. The Balaban J connectivity index is 1.76. The Hall–Kier alpha value is -2.48. The predicted molar refractivity (Wildman–Crippen MR) is 126 cm³/mol. The highest BCUT2D eigenvalue weighted by Gasteiger charge is 2.19. The van der Waals surface area contributed by atoms with Crippen LogP contribution in [0.2, 0.25) is 5.02 Å². The summed E-state index contributed by atoms with van der Waals surface area (Å²) in [5.41, 5.74) is 3.15. The fraction of sp³-hybridized carbons (Fsp3) is 0.0455. The molecule has 5 nitrogen and oxygen atoms in total. The molecule has 0 aliphatic rings. The van der Waals surface area contributed by atoms with E-state index in [1.54, 1.807) is 16.8 Å². The number of amides is 1. The molecule has 0 unspecified atom stereocenters. The standard InChI is InChI=1S/C22H15Br2ClN4O/c1-13-2-9-17(25)12-19(13)26-22(30)20-27-21(14-3-5-15(23)6-4-14)29(28-20)18-10-7-16(24)8-11-18/h2-12H,1H3,(H,26,30). The zero-order valence-electron chi connectivity index (χ0n) is 15.7. The number of aryl methyl sites for hydroxylation is 1. The monoisotopic (exact) mass is 544 g/mol. The van der Waals surface area contributed by atoms with Gasteiger partial charge in [-0.25, -0.2) is 9.67 Å². The van der Waals surface area contributed by atoms with Crippen LogP contribution < -0.4 is 5.32 Å². The van der Waals surface area contributed by atoms with Crippen molar-refractivity contribution < 1.29 is 4.79 Å². The number of rotatable bonds is 4. The lowest BCUT2D eigenvalue weighted by Gasteiger charge is -2.07. The van der Waals surface area contributed by atoms with Crippen LogP contribution in [-0.2, 0) is 0 Å². The Morgan fingerprint density at radius 3 is 2.27 bits per heavy atom. The molecule has 150 valence electrons. The summed E-state index contributed by atoms with van der Waals surface area (Å²) < 4.78 is 3.57. The number of halogens is 3. The number of nitrogens with zero attached hydrogens (tertiary/aromatic N) is 3. The molecule has 30 heavy (non-hydrogen) atoms. The van der Waals surface area contributed by atoms with Crippen LogP contribution in [0.15, 0.2) is 75.7 Å². The maximum absolute atomic E-state index is 12.9. The summed E-state index contributed by atoms with van der Waals surface area (Å²) in [4.78, 5) is 17.4. The van der Waals surface area contributed by atoms with E-state index >= 15 is 0 Å². The fourth-order valence-electron chi connectivity index (χ4n) is 2.86. The zero-order valence-corrected chi connectivity index (χ0v) is 19.7. The van der Waals surface area contributed by atoms with Crippen LogP contribution >= 0.6 is 43.5 Å². The maximum atomic E-state index is 12.9. The Kier molecular flexibility index (Phi) is 6.04. The van der Waals surface area contributed by atoms with E-state index in [2.05, 4.69) is 47.3 Å². The van der Waals surface area contributed by atoms with Crippen molar-refractivity contribution in [2.24, 2.45) is 0 Å². The van der Waals surface area contributed by atoms with Crippen molar-refractivity contribution in [1.29, 1.82) is 0 Å². The van der Waals surface area contributed by atoms with E-state index in [1.165, 1.54) is 0 Å². The number of nitrogens with one attached hydrogen (secondary N) is 1. The number of hydrogen-bond acceptors (Lipinski definition) is 3. The van der Waals surface area contributed by atoms with Crippen molar-refractivity contribution in [3.05, 3.63) is 92.1 Å². The fourth-order valence-corrected chi connectivity index (χ4v) is 3.56. The molecule has 1 amide bonds. The van der Waals surface area contributed by atoms with Gasteiger partial charge in [-0.15, -0.1) is 5.10 Å². The maximum Gasteiger partial charge on any atom is 0.295 e. The lowest BCUT2D eigenvalue weighted by atomic mass is 10.2. The van der Waals surface area contributed by atoms with Gasteiger partial charge in [-0.3, -0.25) is 4.79 Å². The van der Waals surface area contributed by atoms with Gasteiger partial charge in [0.2, 0.25) is 5.82 Å². The van der Waals surface area contributed by atoms with Crippen LogP contribution in [0.25, 0.3) is 17.1 Å². The molecule has 3 aromatic carbocycles. The molecule has 0 saturated carbocycles. The van der Waals surface area contributed by atoms with E-state index in [4.69, 9.17) is 11.6 Å². The molecule has 1 aromatic heterocycles. The quantitative estimate of drug-likeness (QED) is 0.311. The van der Waals surface area contributed by atoms with Gasteiger partial charge in [0, 0.05) is 25.2 Å². The average molecular weight is 547 g/mol. The molecule has 8 heteroatoms. The Morgan fingerprint density at radius 1 is 0.967 bits per heavy atom. The molecule has 0 aliphatic heterocycles. The first kappa shape index (κ1) is 20.8. The summed E-state index contributed by atoms with van der Waals surface area (Å²) in [6, 6.07) is 20.7. The van der Waals surface area contributed by atoms with Gasteiger partial charge in [-0.05, 0) is 61.0 Å². The molecular formula is C22H15Br2ClN4O. The van der Waals surface area contributed by atoms with Crippen LogP contribution in [0, 0.1) is 6.92 Å². The lowest BCUT2D eigenvalue weighted by molar-refractivity contribution is 0.101. The Labute approximate surface area is 195 Å². The third-order valence-electron chi connectivity index (χ3n) is 4.43. The molecule has 0 fully saturated rings. The minimum Gasteiger partial charge on any atom is -0.319 e. The van der Waals surface area contributed by atoms with Gasteiger partial charge in [0.25, 0.3) is 5.91 Å². The summed E-state index contributed by atoms with van der Waals surface area (Å²) in [7, 11) is 0. The van der Waals surface area contributed by atoms with E-state index in [-0.39, 0.29) is 5.82 Å². The molecule has 4 rings (SSSR count). The number of anilines is 1. The van der Waals surface area contributed by atoms with E-state index < -0.39 is 5.91 Å². The SMILES string of the molecule is Cc1ccc(Cl)cc1NC(=O)c1nc(-c2ccc(Br)cc2)n(-c2ccc(Br)cc2)n1. The van der Waals surface area contributed by atoms with Gasteiger partial charge >= 0.3 is 0 Å².